The molecule has 1 atom stereocenters. The summed E-state index contributed by atoms with van der Waals surface area (Å²) in [6, 6.07) is 15.4. The van der Waals surface area contributed by atoms with Crippen molar-refractivity contribution < 1.29 is 9.59 Å². The molecule has 0 spiro atoms. The highest BCUT2D eigenvalue weighted by Gasteiger charge is 2.25. The molecule has 1 aliphatic rings. The molecule has 1 saturated heterocycles. The number of hydrogen-bond acceptors (Lipinski definition) is 4. The van der Waals surface area contributed by atoms with Crippen LogP contribution in [0.25, 0.3) is 0 Å². The average Bonchev–Trinajstić information content (AvgIpc) is 3.29. The molecular weight excluding hydrogens is 412 g/mol. The van der Waals surface area contributed by atoms with Crippen molar-refractivity contribution in [3.8, 4) is 0 Å². The molecule has 1 heterocycles. The first kappa shape index (κ1) is 23.3. The molecule has 0 saturated carbocycles. The third-order valence-electron chi connectivity index (χ3n) is 5.65. The lowest BCUT2D eigenvalue weighted by molar-refractivity contribution is -0.122. The number of amides is 2. The molecule has 2 aromatic rings. The van der Waals surface area contributed by atoms with Gasteiger partial charge in [0.1, 0.15) is 0 Å². The molecular formula is C24H31ClN4O2. The summed E-state index contributed by atoms with van der Waals surface area (Å²) in [7, 11) is 3.53. The summed E-state index contributed by atoms with van der Waals surface area (Å²) in [6.45, 7) is 3.51. The molecule has 7 heteroatoms. The predicted octanol–water partition coefficient (Wildman–Crippen LogP) is 3.08. The van der Waals surface area contributed by atoms with E-state index < -0.39 is 0 Å². The van der Waals surface area contributed by atoms with Crippen LogP contribution in [0.5, 0.6) is 0 Å². The van der Waals surface area contributed by atoms with E-state index in [4.69, 9.17) is 11.6 Å². The van der Waals surface area contributed by atoms with E-state index in [1.165, 1.54) is 12.8 Å². The number of carbonyl (C=O) groups is 2. The van der Waals surface area contributed by atoms with Crippen LogP contribution >= 0.6 is 11.6 Å². The molecule has 3 rings (SSSR count). The molecule has 2 aromatic carbocycles. The second kappa shape index (κ2) is 11.3. The van der Waals surface area contributed by atoms with Gasteiger partial charge in [-0.25, -0.2) is 0 Å². The fourth-order valence-electron chi connectivity index (χ4n) is 4.02. The maximum Gasteiger partial charge on any atom is 0.251 e. The quantitative estimate of drug-likeness (QED) is 0.626. The van der Waals surface area contributed by atoms with Crippen molar-refractivity contribution in [2.75, 3.05) is 40.3 Å². The van der Waals surface area contributed by atoms with Gasteiger partial charge in [-0.3, -0.25) is 19.4 Å². The lowest BCUT2D eigenvalue weighted by Gasteiger charge is -2.29. The predicted molar refractivity (Wildman–Crippen MR) is 124 cm³/mol. The zero-order chi connectivity index (χ0) is 22.2. The fourth-order valence-corrected chi connectivity index (χ4v) is 4.28. The third kappa shape index (κ3) is 6.53. The maximum atomic E-state index is 12.6. The van der Waals surface area contributed by atoms with Gasteiger partial charge in [0.05, 0.1) is 12.6 Å². The van der Waals surface area contributed by atoms with Gasteiger partial charge in [-0.05, 0) is 62.3 Å². The van der Waals surface area contributed by atoms with Gasteiger partial charge in [0.25, 0.3) is 5.91 Å². The molecule has 1 fully saturated rings. The highest BCUT2D eigenvalue weighted by Crippen LogP contribution is 2.29. The summed E-state index contributed by atoms with van der Waals surface area (Å²) in [5, 5.41) is 6.45. The zero-order valence-electron chi connectivity index (χ0n) is 18.2. The van der Waals surface area contributed by atoms with Crippen molar-refractivity contribution in [1.82, 2.24) is 20.4 Å². The van der Waals surface area contributed by atoms with Crippen LogP contribution in [-0.2, 0) is 11.3 Å². The number of nitrogens with zero attached hydrogens (tertiary/aromatic N) is 2. The topological polar surface area (TPSA) is 64.7 Å². The zero-order valence-corrected chi connectivity index (χ0v) is 19.0. The number of nitrogens with one attached hydrogen (secondary N) is 2. The molecule has 0 aliphatic carbocycles. The smallest absolute Gasteiger partial charge is 0.251 e. The molecule has 6 nitrogen and oxygen atoms in total. The van der Waals surface area contributed by atoms with Crippen molar-refractivity contribution in [3.05, 3.63) is 70.2 Å². The highest BCUT2D eigenvalue weighted by atomic mass is 35.5. The van der Waals surface area contributed by atoms with Crippen molar-refractivity contribution in [3.63, 3.8) is 0 Å². The van der Waals surface area contributed by atoms with Crippen molar-refractivity contribution >= 4 is 23.4 Å². The Hall–Kier alpha value is -2.41. The van der Waals surface area contributed by atoms with E-state index >= 15 is 0 Å². The lowest BCUT2D eigenvalue weighted by Crippen LogP contribution is -2.40. The van der Waals surface area contributed by atoms with Gasteiger partial charge in [-0.1, -0.05) is 41.9 Å². The Morgan fingerprint density at radius 3 is 2.42 bits per heavy atom. The molecule has 0 radical (unpaired) electrons. The van der Waals surface area contributed by atoms with E-state index in [0.29, 0.717) is 25.2 Å². The van der Waals surface area contributed by atoms with Crippen LogP contribution in [0, 0.1) is 0 Å². The number of likely N-dealkylation sites (N-methyl/N-ethyl adjacent to an activating group) is 1. The summed E-state index contributed by atoms with van der Waals surface area (Å²) in [6.07, 6.45) is 2.35. The number of carbonyl (C=O) groups excluding carboxylic acids is 2. The van der Waals surface area contributed by atoms with E-state index in [1.54, 1.807) is 19.2 Å². The molecule has 0 aromatic heterocycles. The van der Waals surface area contributed by atoms with Crippen molar-refractivity contribution in [1.29, 1.82) is 0 Å². The Balaban J connectivity index is 1.53. The van der Waals surface area contributed by atoms with E-state index in [-0.39, 0.29) is 17.9 Å². The maximum absolute atomic E-state index is 12.6. The molecule has 1 aliphatic heterocycles. The first-order valence-corrected chi connectivity index (χ1v) is 11.1. The largest absolute Gasteiger partial charge is 0.355 e. The van der Waals surface area contributed by atoms with Gasteiger partial charge >= 0.3 is 0 Å². The van der Waals surface area contributed by atoms with Crippen LogP contribution in [0.15, 0.2) is 48.5 Å². The van der Waals surface area contributed by atoms with Crippen LogP contribution in [0.3, 0.4) is 0 Å². The Morgan fingerprint density at radius 2 is 1.77 bits per heavy atom. The van der Waals surface area contributed by atoms with Crippen LogP contribution < -0.4 is 10.6 Å². The Labute approximate surface area is 189 Å². The minimum atomic E-state index is -0.106. The first-order chi connectivity index (χ1) is 15.0. The minimum absolute atomic E-state index is 0.0132. The number of likely N-dealkylation sites (tertiary alicyclic amines) is 1. The fraction of sp³-hybridized carbons (Fsp3) is 0.417. The van der Waals surface area contributed by atoms with Crippen molar-refractivity contribution in [2.24, 2.45) is 0 Å². The van der Waals surface area contributed by atoms with E-state index in [2.05, 4.69) is 15.5 Å². The molecule has 166 valence electrons. The Bertz CT molecular complexity index is 881. The summed E-state index contributed by atoms with van der Waals surface area (Å²) in [5.74, 6) is -0.119. The Kier molecular flexibility index (Phi) is 8.46. The number of benzene rings is 2. The second-order valence-corrected chi connectivity index (χ2v) is 8.44. The summed E-state index contributed by atoms with van der Waals surface area (Å²) >= 11 is 6.45. The SMILES string of the molecule is CNC(=O)c1ccc(CN(C)CC(=O)NCC(c2ccccc2Cl)N2CCCC2)cc1. The van der Waals surface area contributed by atoms with Gasteiger partial charge in [0.2, 0.25) is 5.91 Å². The number of hydrogen-bond donors (Lipinski definition) is 2. The monoisotopic (exact) mass is 442 g/mol. The van der Waals surface area contributed by atoms with Crippen LogP contribution in [-0.4, -0.2) is 61.9 Å². The average molecular weight is 443 g/mol. The molecule has 31 heavy (non-hydrogen) atoms. The summed E-state index contributed by atoms with van der Waals surface area (Å²) in [5.41, 5.74) is 2.74. The summed E-state index contributed by atoms with van der Waals surface area (Å²) < 4.78 is 0. The first-order valence-electron chi connectivity index (χ1n) is 10.7. The van der Waals surface area contributed by atoms with Crippen molar-refractivity contribution in [2.45, 2.75) is 25.4 Å². The van der Waals surface area contributed by atoms with Gasteiger partial charge in [0.15, 0.2) is 0 Å². The molecule has 2 N–H and O–H groups in total. The van der Waals surface area contributed by atoms with Gasteiger partial charge in [0, 0.05) is 30.7 Å². The van der Waals surface area contributed by atoms with E-state index in [0.717, 1.165) is 29.2 Å². The van der Waals surface area contributed by atoms with E-state index in [1.807, 2.05) is 48.3 Å². The van der Waals surface area contributed by atoms with Crippen LogP contribution in [0.4, 0.5) is 0 Å². The van der Waals surface area contributed by atoms with Crippen LogP contribution in [0.1, 0.15) is 40.4 Å². The standard InChI is InChI=1S/C24H31ClN4O2/c1-26-24(31)19-11-9-18(10-12-19)16-28(2)17-23(30)27-15-22(29-13-5-6-14-29)20-7-3-4-8-21(20)25/h3-4,7-12,22H,5-6,13-17H2,1-2H3,(H,26,31)(H,27,30). The van der Waals surface area contributed by atoms with Gasteiger partial charge in [-0.2, -0.15) is 0 Å². The number of rotatable bonds is 9. The number of halogens is 1. The molecule has 2 amide bonds. The molecule has 1 unspecified atom stereocenters. The van der Waals surface area contributed by atoms with Gasteiger partial charge < -0.3 is 10.6 Å². The molecule has 0 bridgehead atoms. The minimum Gasteiger partial charge on any atom is -0.355 e. The third-order valence-corrected chi connectivity index (χ3v) is 5.99. The van der Waals surface area contributed by atoms with E-state index in [9.17, 15) is 9.59 Å². The highest BCUT2D eigenvalue weighted by molar-refractivity contribution is 6.31. The Morgan fingerprint density at radius 1 is 1.10 bits per heavy atom. The summed E-state index contributed by atoms with van der Waals surface area (Å²) in [4.78, 5) is 28.6. The normalized spacial score (nSPS) is 15.1. The van der Waals surface area contributed by atoms with Crippen LogP contribution in [0.2, 0.25) is 5.02 Å². The second-order valence-electron chi connectivity index (χ2n) is 8.03. The lowest BCUT2D eigenvalue weighted by atomic mass is 10.1. The van der Waals surface area contributed by atoms with Gasteiger partial charge in [-0.15, -0.1) is 0 Å².